The van der Waals surface area contributed by atoms with Crippen LogP contribution in [0.15, 0.2) is 18.2 Å². The summed E-state index contributed by atoms with van der Waals surface area (Å²) in [6, 6.07) is 4.37. The molecule has 0 amide bonds. The van der Waals surface area contributed by atoms with E-state index < -0.39 is 4.92 Å². The number of nitro benzene ring substituents is 1. The highest BCUT2D eigenvalue weighted by molar-refractivity contribution is 6.30. The van der Waals surface area contributed by atoms with Crippen LogP contribution in [0.1, 0.15) is 5.82 Å². The Morgan fingerprint density at radius 1 is 1.53 bits per heavy atom. The van der Waals surface area contributed by atoms with Gasteiger partial charge in [0.15, 0.2) is 5.82 Å². The standard InChI is InChI=1S/C8H7ClN6O2/c9-5-1-2-6(7(3-5)15(16)17)10-4-8-11-13-14-12-8/h1-3,10H,4H2,(H,11,12,13,14). The van der Waals surface area contributed by atoms with E-state index in [-0.39, 0.29) is 12.2 Å². The van der Waals surface area contributed by atoms with Crippen LogP contribution in [0.2, 0.25) is 5.02 Å². The van der Waals surface area contributed by atoms with Crippen LogP contribution in [0, 0.1) is 10.1 Å². The molecule has 0 saturated heterocycles. The van der Waals surface area contributed by atoms with E-state index in [0.29, 0.717) is 16.5 Å². The number of halogens is 1. The zero-order chi connectivity index (χ0) is 12.3. The predicted molar refractivity (Wildman–Crippen MR) is 59.6 cm³/mol. The molecule has 88 valence electrons. The molecule has 1 heterocycles. The van der Waals surface area contributed by atoms with E-state index in [9.17, 15) is 10.1 Å². The molecule has 0 bridgehead atoms. The fourth-order valence-electron chi connectivity index (χ4n) is 1.24. The maximum absolute atomic E-state index is 10.8. The average Bonchev–Trinajstić information content (AvgIpc) is 2.80. The van der Waals surface area contributed by atoms with E-state index in [4.69, 9.17) is 11.6 Å². The lowest BCUT2D eigenvalue weighted by Crippen LogP contribution is -2.04. The molecule has 9 heteroatoms. The molecule has 17 heavy (non-hydrogen) atoms. The Hall–Kier alpha value is -2.22. The number of anilines is 1. The summed E-state index contributed by atoms with van der Waals surface area (Å²) < 4.78 is 0. The first kappa shape index (κ1) is 11.3. The van der Waals surface area contributed by atoms with Gasteiger partial charge in [0.25, 0.3) is 5.69 Å². The highest BCUT2D eigenvalue weighted by Gasteiger charge is 2.14. The lowest BCUT2D eigenvalue weighted by atomic mass is 10.2. The van der Waals surface area contributed by atoms with Crippen molar-refractivity contribution >= 4 is 23.0 Å². The second-order valence-electron chi connectivity index (χ2n) is 3.10. The number of nitro groups is 1. The van der Waals surface area contributed by atoms with Crippen molar-refractivity contribution in [2.45, 2.75) is 6.54 Å². The van der Waals surface area contributed by atoms with Crippen LogP contribution < -0.4 is 5.32 Å². The van der Waals surface area contributed by atoms with Crippen molar-refractivity contribution in [1.29, 1.82) is 0 Å². The summed E-state index contributed by atoms with van der Waals surface area (Å²) >= 11 is 5.69. The van der Waals surface area contributed by atoms with E-state index >= 15 is 0 Å². The minimum absolute atomic E-state index is 0.0963. The molecule has 0 aliphatic heterocycles. The van der Waals surface area contributed by atoms with Gasteiger partial charge in [-0.1, -0.05) is 16.8 Å². The Labute approximate surface area is 100 Å². The van der Waals surface area contributed by atoms with E-state index in [2.05, 4.69) is 25.9 Å². The molecule has 2 N–H and O–H groups in total. The van der Waals surface area contributed by atoms with Crippen molar-refractivity contribution in [1.82, 2.24) is 20.6 Å². The van der Waals surface area contributed by atoms with Crippen molar-refractivity contribution in [2.24, 2.45) is 0 Å². The Bertz CT molecular complexity index is 529. The molecule has 0 unspecified atom stereocenters. The lowest BCUT2D eigenvalue weighted by molar-refractivity contribution is -0.383. The normalized spacial score (nSPS) is 10.2. The van der Waals surface area contributed by atoms with Crippen LogP contribution in [0.3, 0.4) is 0 Å². The Balaban J connectivity index is 2.17. The fourth-order valence-corrected chi connectivity index (χ4v) is 1.40. The number of nitrogens with zero attached hydrogens (tertiary/aromatic N) is 4. The minimum Gasteiger partial charge on any atom is -0.372 e. The van der Waals surface area contributed by atoms with Gasteiger partial charge in [-0.15, -0.1) is 10.2 Å². The van der Waals surface area contributed by atoms with E-state index in [1.807, 2.05) is 0 Å². The summed E-state index contributed by atoms with van der Waals surface area (Å²) in [6.07, 6.45) is 0. The molecule has 2 aromatic rings. The van der Waals surface area contributed by atoms with Gasteiger partial charge in [0.2, 0.25) is 0 Å². The van der Waals surface area contributed by atoms with Gasteiger partial charge >= 0.3 is 0 Å². The van der Waals surface area contributed by atoms with Crippen LogP contribution in [0.5, 0.6) is 0 Å². The maximum Gasteiger partial charge on any atom is 0.293 e. The van der Waals surface area contributed by atoms with Gasteiger partial charge in [0.1, 0.15) is 5.69 Å². The fraction of sp³-hybridized carbons (Fsp3) is 0.125. The SMILES string of the molecule is O=[N+]([O-])c1cc(Cl)ccc1NCc1nn[nH]n1. The van der Waals surface area contributed by atoms with Gasteiger partial charge in [0, 0.05) is 11.1 Å². The van der Waals surface area contributed by atoms with Gasteiger partial charge in [0.05, 0.1) is 11.5 Å². The summed E-state index contributed by atoms with van der Waals surface area (Å²) in [7, 11) is 0. The van der Waals surface area contributed by atoms with Gasteiger partial charge in [-0.2, -0.15) is 5.21 Å². The van der Waals surface area contributed by atoms with Crippen LogP contribution in [-0.2, 0) is 6.54 Å². The monoisotopic (exact) mass is 254 g/mol. The van der Waals surface area contributed by atoms with Crippen LogP contribution in [0.4, 0.5) is 11.4 Å². The number of tetrazole rings is 1. The molecule has 1 aromatic heterocycles. The maximum atomic E-state index is 10.8. The second-order valence-corrected chi connectivity index (χ2v) is 3.54. The Morgan fingerprint density at radius 3 is 3.00 bits per heavy atom. The highest BCUT2D eigenvalue weighted by atomic mass is 35.5. The van der Waals surface area contributed by atoms with Crippen LogP contribution >= 0.6 is 11.6 Å². The molecular weight excluding hydrogens is 248 g/mol. The smallest absolute Gasteiger partial charge is 0.293 e. The number of nitrogens with one attached hydrogen (secondary N) is 2. The number of hydrogen-bond donors (Lipinski definition) is 2. The molecule has 0 spiro atoms. The zero-order valence-corrected chi connectivity index (χ0v) is 9.18. The number of H-pyrrole nitrogens is 1. The third-order valence-electron chi connectivity index (χ3n) is 1.98. The molecule has 1 aromatic carbocycles. The zero-order valence-electron chi connectivity index (χ0n) is 8.42. The van der Waals surface area contributed by atoms with Crippen LogP contribution in [-0.4, -0.2) is 25.5 Å². The first-order valence-electron chi connectivity index (χ1n) is 4.57. The second kappa shape index (κ2) is 4.74. The van der Waals surface area contributed by atoms with Crippen molar-refractivity contribution in [2.75, 3.05) is 5.32 Å². The van der Waals surface area contributed by atoms with Gasteiger partial charge in [-0.3, -0.25) is 10.1 Å². The molecule has 0 aliphatic rings. The summed E-state index contributed by atoms with van der Waals surface area (Å²) in [5.41, 5.74) is 0.255. The van der Waals surface area contributed by atoms with E-state index in [0.717, 1.165) is 0 Å². The summed E-state index contributed by atoms with van der Waals surface area (Å²) in [5.74, 6) is 0.411. The average molecular weight is 255 g/mol. The van der Waals surface area contributed by atoms with E-state index in [1.165, 1.54) is 12.1 Å². The first-order chi connectivity index (χ1) is 8.16. The first-order valence-corrected chi connectivity index (χ1v) is 4.95. The lowest BCUT2D eigenvalue weighted by Gasteiger charge is -2.04. The van der Waals surface area contributed by atoms with Gasteiger partial charge in [-0.25, -0.2) is 0 Å². The Morgan fingerprint density at radius 2 is 2.35 bits per heavy atom. The summed E-state index contributed by atoms with van der Waals surface area (Å²) in [6.45, 7) is 0.235. The third-order valence-corrected chi connectivity index (χ3v) is 2.22. The predicted octanol–water partition coefficient (Wildman–Crippen LogP) is 1.37. The molecule has 2 rings (SSSR count). The number of aromatic nitrogens is 4. The Kier molecular flexibility index (Phi) is 3.15. The molecule has 0 fully saturated rings. The quantitative estimate of drug-likeness (QED) is 0.630. The van der Waals surface area contributed by atoms with Gasteiger partial charge in [-0.05, 0) is 12.1 Å². The highest BCUT2D eigenvalue weighted by Crippen LogP contribution is 2.27. The number of aromatic amines is 1. The molecule has 0 radical (unpaired) electrons. The number of rotatable bonds is 4. The largest absolute Gasteiger partial charge is 0.372 e. The molecular formula is C8H7ClN6O2. The third kappa shape index (κ3) is 2.67. The van der Waals surface area contributed by atoms with Gasteiger partial charge < -0.3 is 5.32 Å². The topological polar surface area (TPSA) is 110 Å². The summed E-state index contributed by atoms with van der Waals surface area (Å²) in [4.78, 5) is 10.3. The molecule has 0 aliphatic carbocycles. The van der Waals surface area contributed by atoms with Crippen molar-refractivity contribution < 1.29 is 4.92 Å². The molecule has 0 saturated carbocycles. The number of hydrogen-bond acceptors (Lipinski definition) is 6. The molecule has 0 atom stereocenters. The van der Waals surface area contributed by atoms with E-state index in [1.54, 1.807) is 6.07 Å². The number of benzene rings is 1. The van der Waals surface area contributed by atoms with Crippen molar-refractivity contribution in [3.05, 3.63) is 39.2 Å². The minimum atomic E-state index is -0.509. The van der Waals surface area contributed by atoms with Crippen LogP contribution in [0.25, 0.3) is 0 Å². The van der Waals surface area contributed by atoms with Crippen molar-refractivity contribution in [3.63, 3.8) is 0 Å². The van der Waals surface area contributed by atoms with Crippen molar-refractivity contribution in [3.8, 4) is 0 Å². The molecule has 8 nitrogen and oxygen atoms in total. The summed E-state index contributed by atoms with van der Waals surface area (Å²) in [5, 5.41) is 27.0.